The molecule has 7 aromatic carbocycles. The van der Waals surface area contributed by atoms with Crippen molar-refractivity contribution in [2.24, 2.45) is 0 Å². The van der Waals surface area contributed by atoms with Gasteiger partial charge in [-0.05, 0) is 113 Å². The Labute approximate surface area is 352 Å². The molecular formula is C57H45N3. The van der Waals surface area contributed by atoms with Crippen molar-refractivity contribution < 1.29 is 0 Å². The SMILES string of the molecule is CN(C)C1C=CC(C2(c3ccc(-c4ccccc4)cc3)c3cc(N4c5ccccc5C5C=CC=CC54)ccc3-c3ccc(-n4c5ccccc5c5ccccc54)cc32)=CC1. The molecule has 4 atom stereocenters. The minimum absolute atomic E-state index is 0.213. The Balaban J connectivity index is 1.14. The van der Waals surface area contributed by atoms with E-state index >= 15 is 0 Å². The van der Waals surface area contributed by atoms with E-state index in [1.54, 1.807) is 0 Å². The Morgan fingerprint density at radius 3 is 1.88 bits per heavy atom. The monoisotopic (exact) mass is 771 g/mol. The Hall–Kier alpha value is -6.94. The van der Waals surface area contributed by atoms with Crippen LogP contribution >= 0.6 is 0 Å². The number of hydrogen-bond donors (Lipinski definition) is 0. The van der Waals surface area contributed by atoms with Crippen molar-refractivity contribution in [3.63, 3.8) is 0 Å². The van der Waals surface area contributed by atoms with Gasteiger partial charge in [-0.15, -0.1) is 0 Å². The molecule has 0 saturated carbocycles. The van der Waals surface area contributed by atoms with Crippen LogP contribution in [0.25, 0.3) is 49.7 Å². The maximum absolute atomic E-state index is 2.59. The number of benzene rings is 7. The third-order valence-electron chi connectivity index (χ3n) is 13.8. The first-order chi connectivity index (χ1) is 29.6. The molecule has 1 aliphatic heterocycles. The number of nitrogens with zero attached hydrogens (tertiary/aromatic N) is 3. The van der Waals surface area contributed by atoms with Gasteiger partial charge in [0.2, 0.25) is 0 Å². The highest BCUT2D eigenvalue weighted by molar-refractivity contribution is 6.09. The van der Waals surface area contributed by atoms with Crippen molar-refractivity contribution in [2.75, 3.05) is 19.0 Å². The van der Waals surface area contributed by atoms with Gasteiger partial charge in [-0.1, -0.05) is 164 Å². The molecule has 288 valence electrons. The summed E-state index contributed by atoms with van der Waals surface area (Å²) in [6.07, 6.45) is 17.5. The molecule has 3 nitrogen and oxygen atoms in total. The minimum Gasteiger partial charge on any atom is -0.333 e. The average molecular weight is 772 g/mol. The number of allylic oxidation sites excluding steroid dienone is 4. The Bertz CT molecular complexity index is 3070. The third kappa shape index (κ3) is 5.06. The van der Waals surface area contributed by atoms with E-state index in [-0.39, 0.29) is 6.04 Å². The van der Waals surface area contributed by atoms with Crippen molar-refractivity contribution in [3.05, 3.63) is 234 Å². The summed E-state index contributed by atoms with van der Waals surface area (Å²) in [5.41, 5.74) is 17.2. The normalized spacial score (nSPS) is 21.0. The van der Waals surface area contributed by atoms with Crippen molar-refractivity contribution >= 4 is 33.2 Å². The first-order valence-corrected chi connectivity index (χ1v) is 21.3. The maximum Gasteiger partial charge on any atom is 0.0711 e. The molecule has 3 heteroatoms. The van der Waals surface area contributed by atoms with Crippen LogP contribution < -0.4 is 4.90 Å². The molecule has 0 saturated heterocycles. The summed E-state index contributed by atoms with van der Waals surface area (Å²) in [5.74, 6) is 0.313. The van der Waals surface area contributed by atoms with E-state index in [1.807, 2.05) is 0 Å². The van der Waals surface area contributed by atoms with Crippen LogP contribution in [0.2, 0.25) is 0 Å². The zero-order chi connectivity index (χ0) is 40.0. The lowest BCUT2D eigenvalue weighted by Gasteiger charge is -2.38. The number of aromatic nitrogens is 1. The van der Waals surface area contributed by atoms with Gasteiger partial charge in [-0.25, -0.2) is 0 Å². The van der Waals surface area contributed by atoms with Crippen LogP contribution in [0.3, 0.4) is 0 Å². The number of anilines is 2. The lowest BCUT2D eigenvalue weighted by molar-refractivity contribution is 0.342. The van der Waals surface area contributed by atoms with E-state index in [9.17, 15) is 0 Å². The Morgan fingerprint density at radius 1 is 0.567 bits per heavy atom. The summed E-state index contributed by atoms with van der Waals surface area (Å²) >= 11 is 0. The zero-order valence-corrected chi connectivity index (χ0v) is 33.9. The molecule has 1 aromatic heterocycles. The predicted octanol–water partition coefficient (Wildman–Crippen LogP) is 13.3. The highest BCUT2D eigenvalue weighted by Crippen LogP contribution is 2.59. The molecule has 60 heavy (non-hydrogen) atoms. The molecule has 0 bridgehead atoms. The van der Waals surface area contributed by atoms with Gasteiger partial charge in [0.1, 0.15) is 0 Å². The molecule has 8 aromatic rings. The van der Waals surface area contributed by atoms with Crippen LogP contribution in [0.15, 0.2) is 212 Å². The number of hydrogen-bond acceptors (Lipinski definition) is 2. The highest BCUT2D eigenvalue weighted by atomic mass is 15.2. The van der Waals surface area contributed by atoms with Crippen LogP contribution in [0.1, 0.15) is 34.6 Å². The van der Waals surface area contributed by atoms with Gasteiger partial charge in [0.05, 0.1) is 22.5 Å². The second kappa shape index (κ2) is 13.6. The van der Waals surface area contributed by atoms with Crippen molar-refractivity contribution in [3.8, 4) is 27.9 Å². The molecule has 12 rings (SSSR count). The molecule has 2 heterocycles. The van der Waals surface area contributed by atoms with E-state index in [4.69, 9.17) is 0 Å². The zero-order valence-electron chi connectivity index (χ0n) is 33.9. The van der Waals surface area contributed by atoms with E-state index in [2.05, 4.69) is 235 Å². The predicted molar refractivity (Wildman–Crippen MR) is 251 cm³/mol. The number of fused-ring (bicyclic) bond motifs is 9. The molecule has 0 amide bonds. The smallest absolute Gasteiger partial charge is 0.0711 e. The number of rotatable bonds is 6. The summed E-state index contributed by atoms with van der Waals surface area (Å²) in [5, 5.41) is 2.54. The van der Waals surface area contributed by atoms with Gasteiger partial charge in [0, 0.05) is 39.8 Å². The van der Waals surface area contributed by atoms with E-state index in [0.717, 1.165) is 6.42 Å². The molecule has 0 spiro atoms. The van der Waals surface area contributed by atoms with Crippen molar-refractivity contribution in [2.45, 2.75) is 29.8 Å². The van der Waals surface area contributed by atoms with Gasteiger partial charge in [-0.3, -0.25) is 0 Å². The van der Waals surface area contributed by atoms with Gasteiger partial charge in [-0.2, -0.15) is 0 Å². The van der Waals surface area contributed by atoms with Crippen LogP contribution in [-0.4, -0.2) is 35.6 Å². The molecule has 0 radical (unpaired) electrons. The van der Waals surface area contributed by atoms with Crippen LogP contribution in [0, 0.1) is 0 Å². The van der Waals surface area contributed by atoms with E-state index in [0.29, 0.717) is 12.0 Å². The lowest BCUT2D eigenvalue weighted by atomic mass is 9.65. The lowest BCUT2D eigenvalue weighted by Crippen LogP contribution is -2.33. The average Bonchev–Trinajstić information content (AvgIpc) is 3.93. The first-order valence-electron chi connectivity index (χ1n) is 21.3. The quantitative estimate of drug-likeness (QED) is 0.167. The second-order valence-corrected chi connectivity index (χ2v) is 17.0. The van der Waals surface area contributed by atoms with Gasteiger partial charge < -0.3 is 14.4 Å². The standard InChI is InChI=1S/C57H45N3/c1-58(2)42-30-28-41(29-31-42)57(40-26-24-39(25-27-40)38-14-4-3-5-15-38)51-36-43(59-53-20-10-6-16-47(53)48-17-7-11-21-54(48)59)32-34-45(51)46-35-33-44(37-52(46)57)60-55-22-12-8-18-49(55)50-19-9-13-23-56(50)60/h3-30,32-37,42,47,53H,31H2,1-2H3. The summed E-state index contributed by atoms with van der Waals surface area (Å²) in [4.78, 5) is 4.91. The van der Waals surface area contributed by atoms with Crippen LogP contribution in [0.4, 0.5) is 11.4 Å². The largest absolute Gasteiger partial charge is 0.333 e. The summed E-state index contributed by atoms with van der Waals surface area (Å²) in [6.45, 7) is 0. The third-order valence-corrected chi connectivity index (χ3v) is 13.8. The van der Waals surface area contributed by atoms with Crippen molar-refractivity contribution in [1.82, 2.24) is 9.47 Å². The van der Waals surface area contributed by atoms with Crippen LogP contribution in [-0.2, 0) is 5.41 Å². The molecular weight excluding hydrogens is 727 g/mol. The molecule has 3 aliphatic carbocycles. The fourth-order valence-corrected chi connectivity index (χ4v) is 11.0. The van der Waals surface area contributed by atoms with E-state index < -0.39 is 5.41 Å². The Morgan fingerprint density at radius 2 is 1.18 bits per heavy atom. The van der Waals surface area contributed by atoms with Gasteiger partial charge in [0.15, 0.2) is 0 Å². The van der Waals surface area contributed by atoms with E-state index in [1.165, 1.54) is 88.9 Å². The molecule has 0 N–H and O–H groups in total. The molecule has 0 fully saturated rings. The van der Waals surface area contributed by atoms with Crippen molar-refractivity contribution in [1.29, 1.82) is 0 Å². The maximum atomic E-state index is 2.59. The number of para-hydroxylation sites is 3. The van der Waals surface area contributed by atoms with Gasteiger partial charge in [0.25, 0.3) is 0 Å². The summed E-state index contributed by atoms with van der Waals surface area (Å²) in [7, 11) is 4.37. The van der Waals surface area contributed by atoms with Crippen LogP contribution in [0.5, 0.6) is 0 Å². The minimum atomic E-state index is -0.584. The summed E-state index contributed by atoms with van der Waals surface area (Å²) in [6, 6.07) is 62.1. The molecule has 4 aliphatic rings. The summed E-state index contributed by atoms with van der Waals surface area (Å²) < 4.78 is 2.47. The fourth-order valence-electron chi connectivity index (χ4n) is 11.0. The topological polar surface area (TPSA) is 11.4 Å². The number of likely N-dealkylation sites (N-methyl/N-ethyl adjacent to an activating group) is 1. The molecule has 4 unspecified atom stereocenters. The van der Waals surface area contributed by atoms with Gasteiger partial charge >= 0.3 is 0 Å². The second-order valence-electron chi connectivity index (χ2n) is 17.0. The Kier molecular flexibility index (Phi) is 7.92. The fraction of sp³-hybridized carbons (Fsp3) is 0.123. The first kappa shape index (κ1) is 35.0. The highest BCUT2D eigenvalue weighted by Gasteiger charge is 2.48.